The molecule has 0 aliphatic rings. The highest BCUT2D eigenvalue weighted by Crippen LogP contribution is 2.21. The molecule has 0 radical (unpaired) electrons. The van der Waals surface area contributed by atoms with Crippen LogP contribution in [-0.2, 0) is 6.42 Å². The van der Waals surface area contributed by atoms with Crippen LogP contribution < -0.4 is 10.6 Å². The molecule has 1 atom stereocenters. The van der Waals surface area contributed by atoms with Gasteiger partial charge in [0.2, 0.25) is 0 Å². The molecule has 1 unspecified atom stereocenters. The molecular weight excluding hydrogens is 236 g/mol. The summed E-state index contributed by atoms with van der Waals surface area (Å²) in [7, 11) is 0. The van der Waals surface area contributed by atoms with Gasteiger partial charge in [0.15, 0.2) is 0 Å². The first-order chi connectivity index (χ1) is 9.22. The Morgan fingerprint density at radius 1 is 1.11 bits per heavy atom. The summed E-state index contributed by atoms with van der Waals surface area (Å²) in [5.74, 6) is 1.95. The number of unbranched alkanes of at least 4 members (excludes halogenated alkanes) is 2. The Balaban J connectivity index is 2.68. The van der Waals surface area contributed by atoms with Crippen molar-refractivity contribution in [1.82, 2.24) is 9.97 Å². The van der Waals surface area contributed by atoms with Gasteiger partial charge in [-0.2, -0.15) is 0 Å². The monoisotopic (exact) mass is 264 g/mol. The Hall–Kier alpha value is -1.32. The van der Waals surface area contributed by atoms with E-state index in [2.05, 4.69) is 48.3 Å². The maximum Gasteiger partial charge on any atom is 0.134 e. The van der Waals surface area contributed by atoms with Gasteiger partial charge in [-0.05, 0) is 26.7 Å². The Morgan fingerprint density at radius 2 is 1.84 bits per heavy atom. The predicted octanol–water partition coefficient (Wildman–Crippen LogP) is 3.85. The van der Waals surface area contributed by atoms with Gasteiger partial charge in [0.25, 0.3) is 0 Å². The van der Waals surface area contributed by atoms with Crippen LogP contribution in [0.4, 0.5) is 11.6 Å². The molecule has 4 nitrogen and oxygen atoms in total. The van der Waals surface area contributed by atoms with Gasteiger partial charge in [0.05, 0.1) is 0 Å². The van der Waals surface area contributed by atoms with Crippen LogP contribution in [0.2, 0.25) is 0 Å². The maximum atomic E-state index is 4.40. The van der Waals surface area contributed by atoms with Crippen molar-refractivity contribution in [2.75, 3.05) is 17.2 Å². The third-order valence-electron chi connectivity index (χ3n) is 3.27. The zero-order valence-corrected chi connectivity index (χ0v) is 12.8. The van der Waals surface area contributed by atoms with Crippen LogP contribution in [0.5, 0.6) is 0 Å². The molecule has 0 aliphatic heterocycles. The number of nitrogens with zero attached hydrogens (tertiary/aromatic N) is 2. The molecule has 1 aromatic rings. The Kier molecular flexibility index (Phi) is 7.23. The number of anilines is 2. The standard InChI is InChI=1S/C15H28N4/c1-5-8-9-10-12(4)19-15-13(6-2)14(16-7-3)17-11-18-15/h11-12H,5-10H2,1-4H3,(H2,16,17,18,19). The first kappa shape index (κ1) is 15.7. The fourth-order valence-corrected chi connectivity index (χ4v) is 2.20. The fourth-order valence-electron chi connectivity index (χ4n) is 2.20. The minimum atomic E-state index is 0.459. The zero-order chi connectivity index (χ0) is 14.1. The lowest BCUT2D eigenvalue weighted by molar-refractivity contribution is 0.613. The van der Waals surface area contributed by atoms with Crippen LogP contribution in [0.1, 0.15) is 58.9 Å². The summed E-state index contributed by atoms with van der Waals surface area (Å²) in [6.45, 7) is 9.58. The molecule has 0 spiro atoms. The molecule has 2 N–H and O–H groups in total. The van der Waals surface area contributed by atoms with E-state index in [0.717, 1.165) is 24.6 Å². The second-order valence-electron chi connectivity index (χ2n) is 4.97. The van der Waals surface area contributed by atoms with Crippen molar-refractivity contribution in [1.29, 1.82) is 0 Å². The van der Waals surface area contributed by atoms with E-state index in [-0.39, 0.29) is 0 Å². The average molecular weight is 264 g/mol. The first-order valence-corrected chi connectivity index (χ1v) is 7.57. The Morgan fingerprint density at radius 3 is 2.47 bits per heavy atom. The molecule has 1 rings (SSSR count). The topological polar surface area (TPSA) is 49.8 Å². The van der Waals surface area contributed by atoms with Gasteiger partial charge in [0.1, 0.15) is 18.0 Å². The molecule has 19 heavy (non-hydrogen) atoms. The summed E-state index contributed by atoms with van der Waals surface area (Å²) < 4.78 is 0. The molecule has 1 heterocycles. The molecule has 0 saturated carbocycles. The van der Waals surface area contributed by atoms with Crippen molar-refractivity contribution in [2.45, 2.75) is 65.8 Å². The minimum Gasteiger partial charge on any atom is -0.370 e. The number of rotatable bonds is 9. The Labute approximate surface area is 117 Å². The van der Waals surface area contributed by atoms with Crippen molar-refractivity contribution in [3.63, 3.8) is 0 Å². The smallest absolute Gasteiger partial charge is 0.134 e. The van der Waals surface area contributed by atoms with E-state index in [1.807, 2.05) is 0 Å². The van der Waals surface area contributed by atoms with Crippen molar-refractivity contribution in [3.05, 3.63) is 11.9 Å². The molecule has 0 saturated heterocycles. The minimum absolute atomic E-state index is 0.459. The van der Waals surface area contributed by atoms with Crippen LogP contribution in [0, 0.1) is 0 Å². The fraction of sp³-hybridized carbons (Fsp3) is 0.733. The van der Waals surface area contributed by atoms with Crippen molar-refractivity contribution < 1.29 is 0 Å². The molecule has 108 valence electrons. The summed E-state index contributed by atoms with van der Waals surface area (Å²) in [6, 6.07) is 0.459. The van der Waals surface area contributed by atoms with E-state index in [9.17, 15) is 0 Å². The molecule has 4 heteroatoms. The summed E-state index contributed by atoms with van der Waals surface area (Å²) >= 11 is 0. The third kappa shape index (κ3) is 5.05. The third-order valence-corrected chi connectivity index (χ3v) is 3.27. The van der Waals surface area contributed by atoms with E-state index in [0.29, 0.717) is 6.04 Å². The van der Waals surface area contributed by atoms with Gasteiger partial charge < -0.3 is 10.6 Å². The van der Waals surface area contributed by atoms with Crippen LogP contribution >= 0.6 is 0 Å². The lowest BCUT2D eigenvalue weighted by atomic mass is 10.1. The van der Waals surface area contributed by atoms with Gasteiger partial charge in [0, 0.05) is 18.2 Å². The molecule has 0 bridgehead atoms. The zero-order valence-electron chi connectivity index (χ0n) is 12.8. The number of nitrogens with one attached hydrogen (secondary N) is 2. The summed E-state index contributed by atoms with van der Waals surface area (Å²) in [6.07, 6.45) is 7.62. The normalized spacial score (nSPS) is 12.2. The quantitative estimate of drug-likeness (QED) is 0.665. The molecule has 0 amide bonds. The lowest BCUT2D eigenvalue weighted by Crippen LogP contribution is -2.18. The van der Waals surface area contributed by atoms with Gasteiger partial charge in [-0.1, -0.05) is 33.1 Å². The number of aromatic nitrogens is 2. The van der Waals surface area contributed by atoms with Crippen molar-refractivity contribution in [3.8, 4) is 0 Å². The van der Waals surface area contributed by atoms with E-state index in [1.165, 1.54) is 31.2 Å². The highest BCUT2D eigenvalue weighted by Gasteiger charge is 2.11. The summed E-state index contributed by atoms with van der Waals surface area (Å²) in [5.41, 5.74) is 1.19. The molecule has 0 aliphatic carbocycles. The second-order valence-corrected chi connectivity index (χ2v) is 4.97. The van der Waals surface area contributed by atoms with Crippen molar-refractivity contribution in [2.24, 2.45) is 0 Å². The molecule has 1 aromatic heterocycles. The molecular formula is C15H28N4. The van der Waals surface area contributed by atoms with Crippen LogP contribution in [0.25, 0.3) is 0 Å². The predicted molar refractivity (Wildman–Crippen MR) is 82.8 cm³/mol. The highest BCUT2D eigenvalue weighted by molar-refractivity contribution is 5.57. The van der Waals surface area contributed by atoms with Gasteiger partial charge in [-0.15, -0.1) is 0 Å². The lowest BCUT2D eigenvalue weighted by Gasteiger charge is -2.18. The van der Waals surface area contributed by atoms with E-state index >= 15 is 0 Å². The molecule has 0 fully saturated rings. The number of hydrogen-bond donors (Lipinski definition) is 2. The van der Waals surface area contributed by atoms with Gasteiger partial charge in [-0.3, -0.25) is 0 Å². The largest absolute Gasteiger partial charge is 0.370 e. The summed E-state index contributed by atoms with van der Waals surface area (Å²) in [4.78, 5) is 8.72. The van der Waals surface area contributed by atoms with Crippen LogP contribution in [0.15, 0.2) is 6.33 Å². The molecule has 0 aromatic carbocycles. The van der Waals surface area contributed by atoms with Crippen LogP contribution in [-0.4, -0.2) is 22.6 Å². The maximum absolute atomic E-state index is 4.40. The highest BCUT2D eigenvalue weighted by atomic mass is 15.1. The summed E-state index contributed by atoms with van der Waals surface area (Å²) in [5, 5.41) is 6.83. The van der Waals surface area contributed by atoms with E-state index in [1.54, 1.807) is 6.33 Å². The van der Waals surface area contributed by atoms with E-state index < -0.39 is 0 Å². The average Bonchev–Trinajstić information content (AvgIpc) is 2.40. The van der Waals surface area contributed by atoms with Crippen LogP contribution in [0.3, 0.4) is 0 Å². The SMILES string of the molecule is CCCCCC(C)Nc1ncnc(NCC)c1CC. The van der Waals surface area contributed by atoms with Gasteiger partial charge >= 0.3 is 0 Å². The van der Waals surface area contributed by atoms with Crippen molar-refractivity contribution >= 4 is 11.6 Å². The van der Waals surface area contributed by atoms with Gasteiger partial charge in [-0.25, -0.2) is 9.97 Å². The van der Waals surface area contributed by atoms with E-state index in [4.69, 9.17) is 0 Å². The number of hydrogen-bond acceptors (Lipinski definition) is 4. The second kappa shape index (κ2) is 8.73. The Bertz CT molecular complexity index is 365. The first-order valence-electron chi connectivity index (χ1n) is 7.57.